The number of hydrogen-bond donors (Lipinski definition) is 2. The number of methoxy groups -OCH3 is 2. The quantitative estimate of drug-likeness (QED) is 0.660. The third kappa shape index (κ3) is 3.86. The lowest BCUT2D eigenvalue weighted by Crippen LogP contribution is -2.13. The molecule has 1 aromatic heterocycles. The predicted molar refractivity (Wildman–Crippen MR) is 110 cm³/mol. The molecule has 2 N–H and O–H groups in total. The second-order valence-electron chi connectivity index (χ2n) is 6.65. The van der Waals surface area contributed by atoms with Crippen molar-refractivity contribution >= 4 is 11.6 Å². The molecule has 2 aromatic carbocycles. The molecule has 3 rings (SSSR count). The number of ether oxygens (including phenoxy) is 2. The molecule has 0 aliphatic carbocycles. The van der Waals surface area contributed by atoms with Crippen LogP contribution in [-0.4, -0.2) is 30.3 Å². The van der Waals surface area contributed by atoms with Crippen LogP contribution in [0.15, 0.2) is 36.4 Å². The van der Waals surface area contributed by atoms with E-state index in [9.17, 15) is 4.79 Å². The summed E-state index contributed by atoms with van der Waals surface area (Å²) in [6.07, 6.45) is 0.717. The van der Waals surface area contributed by atoms with Crippen LogP contribution < -0.4 is 14.8 Å². The van der Waals surface area contributed by atoms with Gasteiger partial charge in [-0.15, -0.1) is 0 Å². The lowest BCUT2D eigenvalue weighted by Gasteiger charge is -2.12. The molecule has 0 radical (unpaired) electrons. The number of benzene rings is 2. The molecule has 146 valence electrons. The van der Waals surface area contributed by atoms with Crippen molar-refractivity contribution in [3.05, 3.63) is 58.8 Å². The monoisotopic (exact) mass is 379 g/mol. The van der Waals surface area contributed by atoms with Crippen LogP contribution in [0.3, 0.4) is 0 Å². The van der Waals surface area contributed by atoms with Crippen LogP contribution in [0.4, 0.5) is 5.69 Å². The van der Waals surface area contributed by atoms with E-state index < -0.39 is 0 Å². The fourth-order valence-corrected chi connectivity index (χ4v) is 3.17. The van der Waals surface area contributed by atoms with E-state index in [4.69, 9.17) is 9.47 Å². The lowest BCUT2D eigenvalue weighted by atomic mass is 10.0. The molecular formula is C22H25N3O3. The number of carbonyl (C=O) groups is 1. The number of amides is 1. The Labute approximate surface area is 164 Å². The summed E-state index contributed by atoms with van der Waals surface area (Å²) in [7, 11) is 3.11. The molecule has 1 amide bonds. The normalized spacial score (nSPS) is 10.6. The molecule has 0 bridgehead atoms. The molecule has 0 aliphatic heterocycles. The summed E-state index contributed by atoms with van der Waals surface area (Å²) in [6, 6.07) is 11.3. The topological polar surface area (TPSA) is 76.2 Å². The van der Waals surface area contributed by atoms with Gasteiger partial charge in [0.25, 0.3) is 5.91 Å². The number of aryl methyl sites for hydroxylation is 3. The number of nitrogens with one attached hydrogen (secondary N) is 2. The van der Waals surface area contributed by atoms with Crippen molar-refractivity contribution in [3.8, 4) is 22.8 Å². The Morgan fingerprint density at radius 2 is 1.75 bits per heavy atom. The molecule has 0 saturated carbocycles. The first-order valence-corrected chi connectivity index (χ1v) is 9.16. The standard InChI is InChI=1S/C22H25N3O3/c1-6-19-21(20(25-24-19)18-8-7-13(2)9-14(18)3)23-22(26)15-10-16(27-4)12-17(11-15)28-5/h7-12H,6H2,1-5H3,(H,23,26)(H,24,25). The number of hydrogen-bond acceptors (Lipinski definition) is 4. The Balaban J connectivity index is 2.00. The minimum atomic E-state index is -0.251. The van der Waals surface area contributed by atoms with Crippen LogP contribution in [0.1, 0.15) is 34.1 Å². The van der Waals surface area contributed by atoms with Gasteiger partial charge in [0, 0.05) is 17.2 Å². The Bertz CT molecular complexity index is 986. The zero-order valence-corrected chi connectivity index (χ0v) is 16.8. The second-order valence-corrected chi connectivity index (χ2v) is 6.65. The van der Waals surface area contributed by atoms with Crippen LogP contribution in [0.25, 0.3) is 11.3 Å². The first-order chi connectivity index (χ1) is 13.5. The average Bonchev–Trinajstić information content (AvgIpc) is 3.09. The van der Waals surface area contributed by atoms with Gasteiger partial charge in [-0.1, -0.05) is 30.7 Å². The van der Waals surface area contributed by atoms with Gasteiger partial charge in [0.1, 0.15) is 17.2 Å². The third-order valence-corrected chi connectivity index (χ3v) is 4.68. The van der Waals surface area contributed by atoms with Crippen molar-refractivity contribution < 1.29 is 14.3 Å². The van der Waals surface area contributed by atoms with E-state index in [-0.39, 0.29) is 5.91 Å². The summed E-state index contributed by atoms with van der Waals surface area (Å²) >= 11 is 0. The number of nitrogens with zero attached hydrogens (tertiary/aromatic N) is 1. The number of anilines is 1. The number of rotatable bonds is 6. The van der Waals surface area contributed by atoms with Gasteiger partial charge in [-0.3, -0.25) is 9.89 Å². The summed E-state index contributed by atoms with van der Waals surface area (Å²) in [4.78, 5) is 13.0. The molecule has 0 saturated heterocycles. The highest BCUT2D eigenvalue weighted by Gasteiger charge is 2.19. The van der Waals surface area contributed by atoms with Crippen LogP contribution in [0.2, 0.25) is 0 Å². The average molecular weight is 379 g/mol. The zero-order valence-electron chi connectivity index (χ0n) is 16.8. The first-order valence-electron chi connectivity index (χ1n) is 9.16. The molecule has 0 fully saturated rings. The highest BCUT2D eigenvalue weighted by molar-refractivity contribution is 6.07. The summed E-state index contributed by atoms with van der Waals surface area (Å²) in [5.74, 6) is 0.864. The lowest BCUT2D eigenvalue weighted by molar-refractivity contribution is 0.102. The minimum Gasteiger partial charge on any atom is -0.497 e. The van der Waals surface area contributed by atoms with Gasteiger partial charge in [-0.2, -0.15) is 5.10 Å². The van der Waals surface area contributed by atoms with Crippen molar-refractivity contribution in [2.45, 2.75) is 27.2 Å². The van der Waals surface area contributed by atoms with E-state index in [1.807, 2.05) is 26.0 Å². The molecule has 28 heavy (non-hydrogen) atoms. The van der Waals surface area contributed by atoms with Crippen molar-refractivity contribution in [2.75, 3.05) is 19.5 Å². The van der Waals surface area contributed by atoms with Crippen LogP contribution in [-0.2, 0) is 6.42 Å². The predicted octanol–water partition coefficient (Wildman–Crippen LogP) is 4.53. The van der Waals surface area contributed by atoms with Gasteiger partial charge in [0.2, 0.25) is 0 Å². The zero-order chi connectivity index (χ0) is 20.3. The van der Waals surface area contributed by atoms with Crippen molar-refractivity contribution in [1.82, 2.24) is 10.2 Å². The molecule has 0 aliphatic rings. The summed E-state index contributed by atoms with van der Waals surface area (Å²) < 4.78 is 10.5. The molecule has 1 heterocycles. The molecule has 3 aromatic rings. The molecule has 0 unspecified atom stereocenters. The Kier molecular flexibility index (Phi) is 5.68. The van der Waals surface area contributed by atoms with E-state index in [0.29, 0.717) is 22.7 Å². The highest BCUT2D eigenvalue weighted by atomic mass is 16.5. The van der Waals surface area contributed by atoms with E-state index in [0.717, 1.165) is 28.9 Å². The number of aromatic amines is 1. The Morgan fingerprint density at radius 1 is 1.07 bits per heavy atom. The minimum absolute atomic E-state index is 0.251. The van der Waals surface area contributed by atoms with Gasteiger partial charge in [0.15, 0.2) is 0 Å². The second kappa shape index (κ2) is 8.17. The molecule has 0 spiro atoms. The Hall–Kier alpha value is -3.28. The largest absolute Gasteiger partial charge is 0.497 e. The number of H-pyrrole nitrogens is 1. The number of aromatic nitrogens is 2. The summed E-state index contributed by atoms with van der Waals surface area (Å²) in [5, 5.41) is 10.6. The van der Waals surface area contributed by atoms with Crippen LogP contribution in [0, 0.1) is 13.8 Å². The molecule has 6 heteroatoms. The highest BCUT2D eigenvalue weighted by Crippen LogP contribution is 2.32. The maximum absolute atomic E-state index is 13.0. The van der Waals surface area contributed by atoms with Crippen molar-refractivity contribution in [2.24, 2.45) is 0 Å². The molecule has 6 nitrogen and oxygen atoms in total. The van der Waals surface area contributed by atoms with E-state index in [1.54, 1.807) is 32.4 Å². The molecule has 0 atom stereocenters. The Morgan fingerprint density at radius 3 is 2.32 bits per heavy atom. The van der Waals surface area contributed by atoms with E-state index >= 15 is 0 Å². The van der Waals surface area contributed by atoms with E-state index in [1.165, 1.54) is 5.56 Å². The van der Waals surface area contributed by atoms with Gasteiger partial charge in [0.05, 0.1) is 25.6 Å². The van der Waals surface area contributed by atoms with Crippen LogP contribution in [0.5, 0.6) is 11.5 Å². The van der Waals surface area contributed by atoms with Gasteiger partial charge in [-0.25, -0.2) is 0 Å². The van der Waals surface area contributed by atoms with Gasteiger partial charge < -0.3 is 14.8 Å². The molecular weight excluding hydrogens is 354 g/mol. The number of carbonyl (C=O) groups excluding carboxylic acids is 1. The third-order valence-electron chi connectivity index (χ3n) is 4.68. The van der Waals surface area contributed by atoms with Gasteiger partial charge >= 0.3 is 0 Å². The van der Waals surface area contributed by atoms with Crippen molar-refractivity contribution in [1.29, 1.82) is 0 Å². The maximum Gasteiger partial charge on any atom is 0.256 e. The smallest absolute Gasteiger partial charge is 0.256 e. The van der Waals surface area contributed by atoms with Gasteiger partial charge in [-0.05, 0) is 38.0 Å². The van der Waals surface area contributed by atoms with Crippen molar-refractivity contribution in [3.63, 3.8) is 0 Å². The summed E-state index contributed by atoms with van der Waals surface area (Å²) in [5.41, 5.74) is 6.03. The summed E-state index contributed by atoms with van der Waals surface area (Å²) in [6.45, 7) is 6.11. The van der Waals surface area contributed by atoms with Crippen LogP contribution >= 0.6 is 0 Å². The SMILES string of the molecule is CCc1[nH]nc(-c2ccc(C)cc2C)c1NC(=O)c1cc(OC)cc(OC)c1. The first kappa shape index (κ1) is 19.5. The fourth-order valence-electron chi connectivity index (χ4n) is 3.17. The fraction of sp³-hybridized carbons (Fsp3) is 0.273. The maximum atomic E-state index is 13.0. The van der Waals surface area contributed by atoms with E-state index in [2.05, 4.69) is 28.5 Å².